The van der Waals surface area contributed by atoms with Gasteiger partial charge < -0.3 is 19.2 Å². The molecule has 4 aromatic heterocycles. The molecule has 1 aromatic carbocycles. The Bertz CT molecular complexity index is 1790. The van der Waals surface area contributed by atoms with Gasteiger partial charge in [-0.2, -0.15) is 9.97 Å². The Labute approximate surface area is 226 Å². The number of fused-ring (bicyclic) bond motifs is 3. The third-order valence-corrected chi connectivity index (χ3v) is 5.21. The van der Waals surface area contributed by atoms with Crippen LogP contribution < -0.4 is 14.4 Å². The van der Waals surface area contributed by atoms with Gasteiger partial charge >= 0.3 is 12.1 Å². The van der Waals surface area contributed by atoms with E-state index < -0.39 is 24.5 Å². The second kappa shape index (κ2) is 9.74. The van der Waals surface area contributed by atoms with Crippen molar-refractivity contribution in [3.63, 3.8) is 0 Å². The highest BCUT2D eigenvalue weighted by Crippen LogP contribution is 2.39. The molecule has 5 rings (SSSR count). The number of amides is 1. The van der Waals surface area contributed by atoms with Crippen LogP contribution in [0.2, 0.25) is 0 Å². The van der Waals surface area contributed by atoms with Crippen LogP contribution in [0.25, 0.3) is 21.9 Å². The zero-order valence-electron chi connectivity index (χ0n) is 24.6. The van der Waals surface area contributed by atoms with Gasteiger partial charge in [-0.15, -0.1) is 0 Å². The molecule has 0 atom stereocenters. The Hall–Kier alpha value is -4.94. The first-order valence-corrected chi connectivity index (χ1v) is 11.7. The lowest BCUT2D eigenvalue weighted by atomic mass is 10.1. The van der Waals surface area contributed by atoms with Crippen molar-refractivity contribution in [3.05, 3.63) is 54.4 Å². The van der Waals surface area contributed by atoms with Gasteiger partial charge in [-0.1, -0.05) is 0 Å². The van der Waals surface area contributed by atoms with E-state index in [0.717, 1.165) is 12.1 Å². The zero-order valence-corrected chi connectivity index (χ0v) is 21.6. The number of hydrogen-bond acceptors (Lipinski definition) is 10. The molecule has 0 saturated carbocycles. The lowest BCUT2D eigenvalue weighted by Crippen LogP contribution is -2.34. The summed E-state index contributed by atoms with van der Waals surface area (Å²) in [6.07, 6.45) is 4.50. The number of carbonyl (C=O) groups excluding carboxylic acids is 1. The lowest BCUT2D eigenvalue weighted by Gasteiger charge is -2.25. The molecule has 0 radical (unpaired) electrons. The summed E-state index contributed by atoms with van der Waals surface area (Å²) in [5, 5.41) is 0.305. The van der Waals surface area contributed by atoms with E-state index in [2.05, 4.69) is 34.9 Å². The summed E-state index contributed by atoms with van der Waals surface area (Å²) < 4.78 is 56.4. The minimum Gasteiger partial charge on any atom is -0.443 e. The van der Waals surface area contributed by atoms with E-state index in [9.17, 15) is 4.79 Å². The number of nitrogens with zero attached hydrogens (tertiary/aromatic N) is 7. The van der Waals surface area contributed by atoms with Crippen LogP contribution in [-0.2, 0) is 4.74 Å². The van der Waals surface area contributed by atoms with Crippen LogP contribution in [0.3, 0.4) is 0 Å². The summed E-state index contributed by atoms with van der Waals surface area (Å²) in [5.41, 5.74) is -1.19. The smallest absolute Gasteiger partial charge is 0.414 e. The van der Waals surface area contributed by atoms with Gasteiger partial charge in [0.05, 0.1) is 41.4 Å². The third-order valence-electron chi connectivity index (χ3n) is 5.21. The highest BCUT2D eigenvalue weighted by Gasteiger charge is 2.25. The molecule has 0 fully saturated rings. The Kier molecular flexibility index (Phi) is 5.52. The maximum absolute atomic E-state index is 15.1. The van der Waals surface area contributed by atoms with Crippen molar-refractivity contribution in [3.8, 4) is 23.4 Å². The van der Waals surface area contributed by atoms with Gasteiger partial charge in [-0.05, 0) is 46.8 Å². The Balaban J connectivity index is 1.73. The molecule has 12 nitrogen and oxygen atoms in total. The largest absolute Gasteiger partial charge is 0.443 e. The van der Waals surface area contributed by atoms with Gasteiger partial charge in [0.15, 0.2) is 11.5 Å². The monoisotopic (exact) mass is 535 g/mol. The van der Waals surface area contributed by atoms with Crippen LogP contribution in [0.15, 0.2) is 36.9 Å². The van der Waals surface area contributed by atoms with Crippen LogP contribution in [0.5, 0.6) is 23.4 Å². The summed E-state index contributed by atoms with van der Waals surface area (Å²) in [4.78, 5) is 41.6. The van der Waals surface area contributed by atoms with Crippen LogP contribution in [-0.4, -0.2) is 53.6 Å². The molecule has 0 bridgehead atoms. The molecule has 1 N–H and O–H groups in total. The number of hydrogen-bond donors (Lipinski definition) is 1. The van der Waals surface area contributed by atoms with E-state index in [-0.39, 0.29) is 51.0 Å². The fraction of sp³-hybridized carbons (Fsp3) is 0.269. The minimum atomic E-state index is -3.04. The molecule has 13 heteroatoms. The topological polar surface area (TPSA) is 141 Å². The normalized spacial score (nSPS) is 13.0. The highest BCUT2D eigenvalue weighted by atomic mass is 19.1. The van der Waals surface area contributed by atoms with E-state index in [1.165, 1.54) is 24.8 Å². The fourth-order valence-corrected chi connectivity index (χ4v) is 3.58. The quantitative estimate of drug-likeness (QED) is 0.311. The molecule has 1 amide bonds. The van der Waals surface area contributed by atoms with Gasteiger partial charge in [-0.25, -0.2) is 29.1 Å². The number of anilines is 1. The fourth-order valence-electron chi connectivity index (χ4n) is 3.58. The molecule has 200 valence electrons. The summed E-state index contributed by atoms with van der Waals surface area (Å²) in [7, 11) is 0. The van der Waals surface area contributed by atoms with Gasteiger partial charge in [-0.3, -0.25) is 4.90 Å². The highest BCUT2D eigenvalue weighted by molar-refractivity contribution is 6.14. The van der Waals surface area contributed by atoms with Crippen molar-refractivity contribution in [2.75, 3.05) is 11.9 Å². The average molecular weight is 536 g/mol. The number of nitrogens with one attached hydrogen (secondary N) is 1. The number of aryl methyl sites for hydroxylation is 2. The molecule has 39 heavy (non-hydrogen) atoms. The molecule has 0 saturated heterocycles. The predicted octanol–water partition coefficient (Wildman–Crippen LogP) is 5.40. The summed E-state index contributed by atoms with van der Waals surface area (Å²) >= 11 is 0. The van der Waals surface area contributed by atoms with Crippen molar-refractivity contribution < 1.29 is 27.5 Å². The van der Waals surface area contributed by atoms with Gasteiger partial charge in [0.2, 0.25) is 5.88 Å². The van der Waals surface area contributed by atoms with Gasteiger partial charge in [0.25, 0.3) is 0 Å². The van der Waals surface area contributed by atoms with Crippen molar-refractivity contribution >= 4 is 33.7 Å². The SMILES string of the molecule is [2H]C([2H])([2H])N(C(=O)OC(C)(C)C)c1cc(F)cc2c1[nH]c1nc(Oc3cnc(C)nc3)nc(Oc3cnc(C)nc3)c12. The van der Waals surface area contributed by atoms with E-state index in [1.54, 1.807) is 34.6 Å². The number of carbonyl (C=O) groups is 1. The van der Waals surface area contributed by atoms with Crippen LogP contribution in [0.1, 0.15) is 36.5 Å². The first-order valence-electron chi connectivity index (χ1n) is 13.2. The molecular weight excluding hydrogens is 507 g/mol. The van der Waals surface area contributed by atoms with Gasteiger partial charge in [0, 0.05) is 16.5 Å². The Morgan fingerprint density at radius 1 is 0.974 bits per heavy atom. The maximum Gasteiger partial charge on any atom is 0.414 e. The summed E-state index contributed by atoms with van der Waals surface area (Å²) in [6.45, 7) is 5.13. The first-order chi connectivity index (χ1) is 19.7. The Morgan fingerprint density at radius 3 is 2.18 bits per heavy atom. The minimum absolute atomic E-state index is 0.0588. The van der Waals surface area contributed by atoms with E-state index >= 15 is 4.39 Å². The van der Waals surface area contributed by atoms with E-state index in [1.807, 2.05) is 0 Å². The van der Waals surface area contributed by atoms with Gasteiger partial charge in [0.1, 0.15) is 28.7 Å². The van der Waals surface area contributed by atoms with Crippen molar-refractivity contribution in [2.45, 2.75) is 40.2 Å². The van der Waals surface area contributed by atoms with Crippen molar-refractivity contribution in [1.29, 1.82) is 0 Å². The predicted molar refractivity (Wildman–Crippen MR) is 140 cm³/mol. The standard InChI is InChI=1S/C26H25FN8O4/c1-13-28-9-16(10-29-13)37-23-20-18-7-15(27)8-19(35(6)25(36)39-26(3,4)5)21(18)32-22(20)33-24(34-23)38-17-11-30-14(2)31-12-17/h7-12H,1-6H3,(H,32,33,34)/i6D3. The molecule has 0 spiro atoms. The number of benzene rings is 1. The number of H-pyrrole nitrogens is 1. The molecular formula is C26H25FN8O4. The number of halogens is 1. The van der Waals surface area contributed by atoms with Crippen LogP contribution >= 0.6 is 0 Å². The second-order valence-electron chi connectivity index (χ2n) is 9.46. The molecule has 0 unspecified atom stereocenters. The number of ether oxygens (including phenoxy) is 3. The lowest BCUT2D eigenvalue weighted by molar-refractivity contribution is 0.0589. The Morgan fingerprint density at radius 2 is 1.59 bits per heavy atom. The summed E-state index contributed by atoms with van der Waals surface area (Å²) in [6, 6.07) is 1.86. The van der Waals surface area contributed by atoms with E-state index in [4.69, 9.17) is 18.3 Å². The summed E-state index contributed by atoms with van der Waals surface area (Å²) in [5.74, 6) is 0.536. The number of rotatable bonds is 5. The first kappa shape index (κ1) is 22.1. The average Bonchev–Trinajstić information content (AvgIpc) is 3.23. The van der Waals surface area contributed by atoms with Crippen molar-refractivity contribution in [2.24, 2.45) is 0 Å². The number of aromatic amines is 1. The maximum atomic E-state index is 15.1. The third kappa shape index (κ3) is 5.51. The second-order valence-corrected chi connectivity index (χ2v) is 9.46. The molecule has 5 aromatic rings. The van der Waals surface area contributed by atoms with Crippen molar-refractivity contribution in [1.82, 2.24) is 34.9 Å². The number of aromatic nitrogens is 7. The molecule has 0 aliphatic carbocycles. The van der Waals surface area contributed by atoms with E-state index in [0.29, 0.717) is 16.5 Å². The van der Waals surface area contributed by atoms with Crippen LogP contribution in [0.4, 0.5) is 14.9 Å². The van der Waals surface area contributed by atoms with Crippen LogP contribution in [0, 0.1) is 19.7 Å². The molecule has 0 aliphatic rings. The molecule has 0 aliphatic heterocycles. The molecule has 4 heterocycles. The zero-order chi connectivity index (χ0) is 30.4.